The van der Waals surface area contributed by atoms with Crippen LogP contribution in [-0.2, 0) is 6.42 Å². The van der Waals surface area contributed by atoms with Gasteiger partial charge in [0.1, 0.15) is 4.95 Å². The fourth-order valence-corrected chi connectivity index (χ4v) is 5.17. The van der Waals surface area contributed by atoms with Crippen molar-refractivity contribution >= 4 is 75.0 Å². The molecular weight excluding hydrogens is 478 g/mol. The Balaban J connectivity index is 2.40. The van der Waals surface area contributed by atoms with Gasteiger partial charge in [-0.2, -0.15) is 0 Å². The zero-order valence-corrected chi connectivity index (χ0v) is 15.2. The van der Waals surface area contributed by atoms with Crippen molar-refractivity contribution < 1.29 is 0 Å². The lowest BCUT2D eigenvalue weighted by atomic mass is 9.99. The molecule has 1 nitrogen and oxygen atoms in total. The van der Waals surface area contributed by atoms with Gasteiger partial charge >= 0.3 is 0 Å². The number of halogens is 4. The van der Waals surface area contributed by atoms with Crippen LogP contribution >= 0.6 is 63.7 Å². The Morgan fingerprint density at radius 1 is 1.12 bits per heavy atom. The first-order chi connectivity index (χ1) is 8.04. The monoisotopic (exact) mass is 483 g/mol. The highest BCUT2D eigenvalue weighted by atomic mass is 79.9. The van der Waals surface area contributed by atoms with Crippen LogP contribution in [0.2, 0.25) is 0 Å². The van der Waals surface area contributed by atoms with Gasteiger partial charge in [-0.1, -0.05) is 22.5 Å². The van der Waals surface area contributed by atoms with Crippen molar-refractivity contribution in [1.82, 2.24) is 0 Å². The van der Waals surface area contributed by atoms with E-state index in [2.05, 4.69) is 75.2 Å². The topological polar surface area (TPSA) is 3.24 Å². The zero-order chi connectivity index (χ0) is 12.3. The van der Waals surface area contributed by atoms with Gasteiger partial charge in [-0.05, 0) is 71.8 Å². The molecule has 1 aromatic carbocycles. The fraction of sp³-hybridized carbons (Fsp3) is 0.333. The van der Waals surface area contributed by atoms with E-state index in [0.717, 1.165) is 27.5 Å². The van der Waals surface area contributed by atoms with Crippen molar-refractivity contribution in [2.24, 2.45) is 0 Å². The van der Waals surface area contributed by atoms with Gasteiger partial charge in [0.15, 0.2) is 0 Å². The van der Waals surface area contributed by atoms with Gasteiger partial charge in [0, 0.05) is 25.5 Å². The molecule has 0 saturated carbocycles. The van der Waals surface area contributed by atoms with Crippen molar-refractivity contribution in [3.63, 3.8) is 0 Å². The van der Waals surface area contributed by atoms with Gasteiger partial charge in [0.05, 0.1) is 5.69 Å². The molecular formula is C12H9Br4N. The van der Waals surface area contributed by atoms with E-state index in [1.807, 2.05) is 0 Å². The largest absolute Gasteiger partial charge is 0.354 e. The van der Waals surface area contributed by atoms with Gasteiger partial charge < -0.3 is 4.90 Å². The molecule has 2 aliphatic heterocycles. The number of rotatable bonds is 0. The van der Waals surface area contributed by atoms with E-state index in [1.165, 1.54) is 27.7 Å². The Bertz CT molecular complexity index is 538. The average Bonchev–Trinajstić information content (AvgIpc) is 2.58. The lowest BCUT2D eigenvalue weighted by molar-refractivity contribution is 0.724. The molecule has 1 aromatic rings. The number of hydrogen-bond acceptors (Lipinski definition) is 1. The van der Waals surface area contributed by atoms with E-state index in [4.69, 9.17) is 0 Å². The Morgan fingerprint density at radius 3 is 2.53 bits per heavy atom. The molecule has 0 amide bonds. The Morgan fingerprint density at radius 2 is 1.82 bits per heavy atom. The van der Waals surface area contributed by atoms with Crippen molar-refractivity contribution in [2.45, 2.75) is 17.8 Å². The highest BCUT2D eigenvalue weighted by Crippen LogP contribution is 2.54. The maximum Gasteiger partial charge on any atom is 0.110 e. The molecule has 1 atom stereocenters. The maximum absolute atomic E-state index is 4.22. The van der Waals surface area contributed by atoms with E-state index < -0.39 is 0 Å². The molecule has 0 radical (unpaired) electrons. The number of anilines is 1. The molecule has 0 aromatic heterocycles. The Hall–Kier alpha value is 0.680. The lowest BCUT2D eigenvalue weighted by Gasteiger charge is -2.30. The summed E-state index contributed by atoms with van der Waals surface area (Å²) in [6.45, 7) is 5.31. The van der Waals surface area contributed by atoms with Gasteiger partial charge in [-0.3, -0.25) is 0 Å². The van der Waals surface area contributed by atoms with Crippen molar-refractivity contribution in [3.8, 4) is 0 Å². The van der Waals surface area contributed by atoms with Gasteiger partial charge in [-0.25, -0.2) is 0 Å². The second-order valence-corrected chi connectivity index (χ2v) is 7.55. The molecule has 5 heteroatoms. The maximum atomic E-state index is 4.22. The summed E-state index contributed by atoms with van der Waals surface area (Å²) < 4.78 is 3.36. The van der Waals surface area contributed by atoms with Crippen molar-refractivity contribution in [2.75, 3.05) is 11.4 Å². The summed E-state index contributed by atoms with van der Waals surface area (Å²) in [4.78, 5) is 2.63. The number of benzene rings is 1. The average molecular weight is 487 g/mol. The normalized spacial score (nSPS) is 22.0. The Kier molecular flexibility index (Phi) is 3.26. The van der Waals surface area contributed by atoms with Crippen LogP contribution in [0, 0.1) is 0 Å². The van der Waals surface area contributed by atoms with Crippen LogP contribution in [0.5, 0.6) is 0 Å². The van der Waals surface area contributed by atoms with E-state index in [1.54, 1.807) is 0 Å². The molecule has 0 aliphatic carbocycles. The first kappa shape index (κ1) is 12.7. The summed E-state index contributed by atoms with van der Waals surface area (Å²) in [5.41, 5.74) is 5.12. The van der Waals surface area contributed by atoms with Crippen LogP contribution in [-0.4, -0.2) is 11.5 Å². The SMILES string of the molecule is C=C1c2c(Br)c(Br)c(Br)c3c2N(CCC3)C1Br. The van der Waals surface area contributed by atoms with Crippen molar-refractivity contribution in [1.29, 1.82) is 0 Å². The van der Waals surface area contributed by atoms with Gasteiger partial charge in [-0.15, -0.1) is 0 Å². The highest BCUT2D eigenvalue weighted by Gasteiger charge is 2.38. The van der Waals surface area contributed by atoms with E-state index in [0.29, 0.717) is 0 Å². The molecule has 2 aliphatic rings. The van der Waals surface area contributed by atoms with Crippen LogP contribution in [0.25, 0.3) is 5.57 Å². The highest BCUT2D eigenvalue weighted by molar-refractivity contribution is 9.14. The third-order valence-electron chi connectivity index (χ3n) is 3.39. The molecule has 0 N–H and O–H groups in total. The molecule has 1 unspecified atom stereocenters. The summed E-state index contributed by atoms with van der Waals surface area (Å²) in [7, 11) is 0. The minimum absolute atomic E-state index is 0.231. The predicted octanol–water partition coefficient (Wildman–Crippen LogP) is 5.47. The molecule has 90 valence electrons. The molecule has 3 rings (SSSR count). The minimum Gasteiger partial charge on any atom is -0.354 e. The van der Waals surface area contributed by atoms with Crippen molar-refractivity contribution in [3.05, 3.63) is 31.1 Å². The number of alkyl halides is 1. The third kappa shape index (κ3) is 1.65. The Labute approximate surface area is 134 Å². The lowest BCUT2D eigenvalue weighted by Crippen LogP contribution is -2.31. The van der Waals surface area contributed by atoms with Crippen LogP contribution in [0.3, 0.4) is 0 Å². The summed E-state index contributed by atoms with van der Waals surface area (Å²) >= 11 is 14.8. The summed E-state index contributed by atoms with van der Waals surface area (Å²) in [5.74, 6) is 0. The van der Waals surface area contributed by atoms with Crippen LogP contribution in [0.15, 0.2) is 20.0 Å². The van der Waals surface area contributed by atoms with Crippen LogP contribution < -0.4 is 4.90 Å². The predicted molar refractivity (Wildman–Crippen MR) is 87.0 cm³/mol. The van der Waals surface area contributed by atoms with Gasteiger partial charge in [0.2, 0.25) is 0 Å². The number of hydrogen-bond donors (Lipinski definition) is 0. The second-order valence-electron chi connectivity index (χ2n) is 4.30. The molecule has 17 heavy (non-hydrogen) atoms. The standard InChI is InChI=1S/C12H9Br4N/c1-5-7-9(14)10(15)8(13)6-3-2-4-17(11(6)7)12(5)16/h12H,1-4H2. The van der Waals surface area contributed by atoms with E-state index in [-0.39, 0.29) is 4.95 Å². The molecule has 0 spiro atoms. The first-order valence-electron chi connectivity index (χ1n) is 5.33. The van der Waals surface area contributed by atoms with Crippen LogP contribution in [0.4, 0.5) is 5.69 Å². The van der Waals surface area contributed by atoms with E-state index in [9.17, 15) is 0 Å². The fourth-order valence-electron chi connectivity index (χ4n) is 2.61. The van der Waals surface area contributed by atoms with Crippen LogP contribution in [0.1, 0.15) is 17.5 Å². The van der Waals surface area contributed by atoms with Gasteiger partial charge in [0.25, 0.3) is 0 Å². The second kappa shape index (κ2) is 4.36. The summed E-state index contributed by atoms with van der Waals surface area (Å²) in [6.07, 6.45) is 2.31. The summed E-state index contributed by atoms with van der Waals surface area (Å²) in [6, 6.07) is 0. The third-order valence-corrected chi connectivity index (χ3v) is 7.96. The smallest absolute Gasteiger partial charge is 0.110 e. The molecule has 2 heterocycles. The molecule has 0 saturated heterocycles. The summed E-state index contributed by atoms with van der Waals surface area (Å²) in [5, 5.41) is 0. The number of nitrogens with zero attached hydrogens (tertiary/aromatic N) is 1. The molecule has 0 bridgehead atoms. The zero-order valence-electron chi connectivity index (χ0n) is 8.86. The molecule has 0 fully saturated rings. The minimum atomic E-state index is 0.231. The van der Waals surface area contributed by atoms with E-state index >= 15 is 0 Å². The first-order valence-corrected chi connectivity index (χ1v) is 8.62. The quantitative estimate of drug-likeness (QED) is 0.267.